The maximum Gasteiger partial charge on any atom is 0.271 e. The number of carbonyl (C=O) groups excluding carboxylic acids is 1. The first-order valence-corrected chi connectivity index (χ1v) is 8.03. The second kappa shape index (κ2) is 6.81. The average molecular weight is 333 g/mol. The monoisotopic (exact) mass is 333 g/mol. The van der Waals surface area contributed by atoms with Gasteiger partial charge in [0.05, 0.1) is 14.2 Å². The van der Waals surface area contributed by atoms with Crippen molar-refractivity contribution >= 4 is 11.6 Å². The number of piperidine rings is 1. The third kappa shape index (κ3) is 4.47. The highest BCUT2D eigenvalue weighted by atomic mass is 16.5. The highest BCUT2D eigenvalue weighted by Gasteiger charge is 2.35. The van der Waals surface area contributed by atoms with Crippen molar-refractivity contribution in [2.45, 2.75) is 51.6 Å². The van der Waals surface area contributed by atoms with Gasteiger partial charge in [-0.1, -0.05) is 0 Å². The fraction of sp³-hybridized carbons (Fsp3) is 0.556. The number of carbonyl (C=O) groups is 1. The lowest BCUT2D eigenvalue weighted by atomic mass is 9.81. The van der Waals surface area contributed by atoms with E-state index in [1.54, 1.807) is 32.4 Å². The van der Waals surface area contributed by atoms with Gasteiger partial charge in [-0.15, -0.1) is 0 Å². The van der Waals surface area contributed by atoms with Gasteiger partial charge in [-0.3, -0.25) is 4.79 Å². The third-order valence-electron chi connectivity index (χ3n) is 3.93. The molecule has 0 aromatic heterocycles. The first-order valence-electron chi connectivity index (χ1n) is 8.03. The number of hydrazone groups is 1. The Bertz CT molecular complexity index is 633. The minimum absolute atomic E-state index is 0.0470. The van der Waals surface area contributed by atoms with Crippen LogP contribution in [-0.2, 0) is 0 Å². The van der Waals surface area contributed by atoms with Crippen LogP contribution in [-0.4, -0.2) is 36.9 Å². The molecule has 1 aliphatic heterocycles. The summed E-state index contributed by atoms with van der Waals surface area (Å²) >= 11 is 0. The van der Waals surface area contributed by atoms with Gasteiger partial charge in [0, 0.05) is 35.2 Å². The quantitative estimate of drug-likeness (QED) is 0.831. The second-order valence-corrected chi connectivity index (χ2v) is 7.44. The summed E-state index contributed by atoms with van der Waals surface area (Å²) in [6.45, 7) is 8.55. The summed E-state index contributed by atoms with van der Waals surface area (Å²) in [5.41, 5.74) is 4.02. The molecule has 1 fully saturated rings. The molecule has 132 valence electrons. The van der Waals surface area contributed by atoms with Gasteiger partial charge in [-0.05, 0) is 45.9 Å². The minimum Gasteiger partial charge on any atom is -0.493 e. The smallest absolute Gasteiger partial charge is 0.271 e. The number of hydrogen-bond donors (Lipinski definition) is 2. The topological polar surface area (TPSA) is 72.0 Å². The molecule has 0 bridgehead atoms. The van der Waals surface area contributed by atoms with Crippen molar-refractivity contribution in [3.63, 3.8) is 0 Å². The van der Waals surface area contributed by atoms with Gasteiger partial charge in [0.1, 0.15) is 0 Å². The van der Waals surface area contributed by atoms with E-state index < -0.39 is 0 Å². The van der Waals surface area contributed by atoms with E-state index in [1.807, 2.05) is 0 Å². The fourth-order valence-corrected chi connectivity index (χ4v) is 3.34. The van der Waals surface area contributed by atoms with Crippen LogP contribution in [0.4, 0.5) is 0 Å². The Morgan fingerprint density at radius 1 is 1.08 bits per heavy atom. The molecule has 0 saturated carbocycles. The minimum atomic E-state index is -0.266. The number of amides is 1. The molecule has 1 amide bonds. The zero-order valence-electron chi connectivity index (χ0n) is 15.3. The molecule has 2 rings (SSSR count). The van der Waals surface area contributed by atoms with Crippen molar-refractivity contribution in [2.24, 2.45) is 5.10 Å². The number of hydrogen-bond acceptors (Lipinski definition) is 5. The van der Waals surface area contributed by atoms with Crippen molar-refractivity contribution in [1.29, 1.82) is 0 Å². The second-order valence-electron chi connectivity index (χ2n) is 7.44. The lowest BCUT2D eigenvalue weighted by Gasteiger charge is -2.43. The summed E-state index contributed by atoms with van der Waals surface area (Å²) in [5, 5.41) is 7.94. The van der Waals surface area contributed by atoms with Crippen LogP contribution in [0.3, 0.4) is 0 Å². The van der Waals surface area contributed by atoms with Crippen molar-refractivity contribution < 1.29 is 14.3 Å². The summed E-state index contributed by atoms with van der Waals surface area (Å²) in [6.07, 6.45) is 1.59. The van der Waals surface area contributed by atoms with Gasteiger partial charge in [-0.2, -0.15) is 5.10 Å². The largest absolute Gasteiger partial charge is 0.493 e. The zero-order valence-corrected chi connectivity index (χ0v) is 15.3. The van der Waals surface area contributed by atoms with Crippen LogP contribution >= 0.6 is 0 Å². The van der Waals surface area contributed by atoms with E-state index in [0.29, 0.717) is 17.1 Å². The molecule has 6 nitrogen and oxygen atoms in total. The molecule has 6 heteroatoms. The van der Waals surface area contributed by atoms with Crippen LogP contribution in [0.2, 0.25) is 0 Å². The van der Waals surface area contributed by atoms with Gasteiger partial charge >= 0.3 is 0 Å². The van der Waals surface area contributed by atoms with Crippen molar-refractivity contribution in [1.82, 2.24) is 10.7 Å². The number of ether oxygens (including phenoxy) is 2. The van der Waals surface area contributed by atoms with Gasteiger partial charge in [0.2, 0.25) is 0 Å². The molecule has 24 heavy (non-hydrogen) atoms. The van der Waals surface area contributed by atoms with E-state index in [1.165, 1.54) is 0 Å². The Labute approximate surface area is 143 Å². The summed E-state index contributed by atoms with van der Waals surface area (Å²) in [6, 6.07) is 5.04. The predicted octanol–water partition coefficient (Wildman–Crippen LogP) is 2.73. The van der Waals surface area contributed by atoms with Crippen LogP contribution in [0, 0.1) is 0 Å². The van der Waals surface area contributed by atoms with Crippen LogP contribution < -0.4 is 20.2 Å². The Balaban J connectivity index is 2.12. The lowest BCUT2D eigenvalue weighted by Crippen LogP contribution is -2.58. The molecule has 1 aliphatic rings. The van der Waals surface area contributed by atoms with E-state index >= 15 is 0 Å². The molecule has 0 unspecified atom stereocenters. The van der Waals surface area contributed by atoms with E-state index in [0.717, 1.165) is 18.6 Å². The maximum absolute atomic E-state index is 12.3. The van der Waals surface area contributed by atoms with Gasteiger partial charge < -0.3 is 14.8 Å². The molecule has 1 aromatic rings. The van der Waals surface area contributed by atoms with E-state index in [4.69, 9.17) is 9.47 Å². The number of nitrogens with zero attached hydrogens (tertiary/aromatic N) is 1. The van der Waals surface area contributed by atoms with Gasteiger partial charge in [-0.25, -0.2) is 5.43 Å². The van der Waals surface area contributed by atoms with Crippen molar-refractivity contribution in [3.05, 3.63) is 23.8 Å². The molecular formula is C18H27N3O3. The van der Waals surface area contributed by atoms with Crippen molar-refractivity contribution in [2.75, 3.05) is 14.2 Å². The molecule has 1 saturated heterocycles. The van der Waals surface area contributed by atoms with E-state index in [2.05, 4.69) is 43.5 Å². The number of rotatable bonds is 4. The van der Waals surface area contributed by atoms with Crippen LogP contribution in [0.25, 0.3) is 0 Å². The van der Waals surface area contributed by atoms with Gasteiger partial charge in [0.15, 0.2) is 11.5 Å². The fourth-order valence-electron chi connectivity index (χ4n) is 3.34. The van der Waals surface area contributed by atoms with Crippen LogP contribution in [0.1, 0.15) is 50.9 Å². The molecule has 2 N–H and O–H groups in total. The normalized spacial score (nSPS) is 18.7. The molecule has 0 atom stereocenters. The summed E-state index contributed by atoms with van der Waals surface area (Å²) in [4.78, 5) is 12.3. The molecular weight excluding hydrogens is 306 g/mol. The van der Waals surface area contributed by atoms with Crippen molar-refractivity contribution in [3.8, 4) is 11.5 Å². The highest BCUT2D eigenvalue weighted by molar-refractivity contribution is 5.96. The molecule has 1 heterocycles. The number of nitrogens with one attached hydrogen (secondary N) is 2. The number of benzene rings is 1. The Morgan fingerprint density at radius 3 is 2.21 bits per heavy atom. The average Bonchev–Trinajstić information content (AvgIpc) is 2.48. The van der Waals surface area contributed by atoms with E-state index in [-0.39, 0.29) is 17.0 Å². The maximum atomic E-state index is 12.3. The molecule has 0 aliphatic carbocycles. The summed E-state index contributed by atoms with van der Waals surface area (Å²) < 4.78 is 10.4. The number of methoxy groups -OCH3 is 2. The molecule has 0 spiro atoms. The molecule has 0 radical (unpaired) electrons. The zero-order chi connectivity index (χ0) is 18.0. The standard InChI is InChI=1S/C18H27N3O3/c1-17(2)10-13(11-18(3,4)21-17)19-20-16(22)12-7-8-14(23-5)15(9-12)24-6/h7-9,21H,10-11H2,1-6H3,(H,20,22). The molecule has 1 aromatic carbocycles. The third-order valence-corrected chi connectivity index (χ3v) is 3.93. The van der Waals surface area contributed by atoms with Crippen LogP contribution in [0.5, 0.6) is 11.5 Å². The lowest BCUT2D eigenvalue weighted by molar-refractivity contribution is 0.0953. The van der Waals surface area contributed by atoms with Crippen LogP contribution in [0.15, 0.2) is 23.3 Å². The predicted molar refractivity (Wildman–Crippen MR) is 95.0 cm³/mol. The summed E-state index contributed by atoms with van der Waals surface area (Å²) in [5.74, 6) is 0.835. The first-order chi connectivity index (χ1) is 11.2. The Hall–Kier alpha value is -2.08. The Morgan fingerprint density at radius 2 is 1.67 bits per heavy atom. The van der Waals surface area contributed by atoms with E-state index in [9.17, 15) is 4.79 Å². The first kappa shape index (κ1) is 18.3. The highest BCUT2D eigenvalue weighted by Crippen LogP contribution is 2.28. The Kier molecular flexibility index (Phi) is 5.18. The summed E-state index contributed by atoms with van der Waals surface area (Å²) in [7, 11) is 3.10. The van der Waals surface area contributed by atoms with Gasteiger partial charge in [0.25, 0.3) is 5.91 Å². The SMILES string of the molecule is COc1ccc(C(=O)NN=C2CC(C)(C)NC(C)(C)C2)cc1OC.